The van der Waals surface area contributed by atoms with Gasteiger partial charge in [0.25, 0.3) is 0 Å². The summed E-state index contributed by atoms with van der Waals surface area (Å²) in [6, 6.07) is 0. The van der Waals surface area contributed by atoms with Gasteiger partial charge in [-0.15, -0.1) is 0 Å². The molecule has 1 aliphatic heterocycles. The second-order valence-corrected chi connectivity index (χ2v) is 3.66. The van der Waals surface area contributed by atoms with Gasteiger partial charge in [-0.25, -0.2) is 0 Å². The normalized spacial score (nSPS) is 27.7. The standard InChI is InChI=1S/C11H19NO/c1-4-6-7-10-9(3)8-12-11(5-2)13-10/h5,9-10H,2,4,6-8H2,1,3H3. The third-order valence-corrected chi connectivity index (χ3v) is 2.46. The van der Waals surface area contributed by atoms with Gasteiger partial charge in [0.1, 0.15) is 6.10 Å². The first-order valence-corrected chi connectivity index (χ1v) is 5.11. The molecule has 1 heterocycles. The van der Waals surface area contributed by atoms with Crippen LogP contribution in [0.4, 0.5) is 0 Å². The van der Waals surface area contributed by atoms with E-state index in [1.54, 1.807) is 6.08 Å². The molecule has 1 rings (SSSR count). The SMILES string of the molecule is C=CC1=NCC(C)C(CCCC)O1. The minimum absolute atomic E-state index is 0.352. The fourth-order valence-corrected chi connectivity index (χ4v) is 1.52. The molecule has 74 valence electrons. The van der Waals surface area contributed by atoms with E-state index in [2.05, 4.69) is 25.4 Å². The number of unbranched alkanes of at least 4 members (excludes halogenated alkanes) is 1. The molecule has 2 nitrogen and oxygen atoms in total. The Kier molecular flexibility index (Phi) is 4.00. The lowest BCUT2D eigenvalue weighted by Crippen LogP contribution is -2.31. The second kappa shape index (κ2) is 5.05. The molecule has 0 aromatic heterocycles. The molecule has 0 aliphatic carbocycles. The van der Waals surface area contributed by atoms with Gasteiger partial charge in [-0.3, -0.25) is 4.99 Å². The molecular weight excluding hydrogens is 162 g/mol. The van der Waals surface area contributed by atoms with Gasteiger partial charge in [-0.05, 0) is 12.5 Å². The first-order valence-electron chi connectivity index (χ1n) is 5.11. The molecular formula is C11H19NO. The van der Waals surface area contributed by atoms with E-state index in [0.29, 0.717) is 12.0 Å². The van der Waals surface area contributed by atoms with Gasteiger partial charge in [-0.1, -0.05) is 33.3 Å². The minimum atomic E-state index is 0.352. The Hall–Kier alpha value is -0.790. The smallest absolute Gasteiger partial charge is 0.208 e. The zero-order valence-electron chi connectivity index (χ0n) is 8.62. The van der Waals surface area contributed by atoms with Gasteiger partial charge in [0.05, 0.1) is 0 Å². The van der Waals surface area contributed by atoms with Crippen molar-refractivity contribution < 1.29 is 4.74 Å². The first-order chi connectivity index (χ1) is 6.27. The summed E-state index contributed by atoms with van der Waals surface area (Å²) < 4.78 is 5.68. The highest BCUT2D eigenvalue weighted by Gasteiger charge is 2.22. The van der Waals surface area contributed by atoms with Crippen molar-refractivity contribution >= 4 is 5.90 Å². The molecule has 0 N–H and O–H groups in total. The lowest BCUT2D eigenvalue weighted by atomic mass is 9.98. The van der Waals surface area contributed by atoms with Crippen molar-refractivity contribution in [2.24, 2.45) is 10.9 Å². The van der Waals surface area contributed by atoms with Crippen LogP contribution in [0.15, 0.2) is 17.6 Å². The van der Waals surface area contributed by atoms with Crippen molar-refractivity contribution in [2.45, 2.75) is 39.2 Å². The Morgan fingerprint density at radius 1 is 1.69 bits per heavy atom. The van der Waals surface area contributed by atoms with Crippen molar-refractivity contribution in [1.29, 1.82) is 0 Å². The summed E-state index contributed by atoms with van der Waals surface area (Å²) in [6.07, 6.45) is 5.66. The van der Waals surface area contributed by atoms with Gasteiger partial charge >= 0.3 is 0 Å². The minimum Gasteiger partial charge on any atom is -0.474 e. The molecule has 0 saturated carbocycles. The third-order valence-electron chi connectivity index (χ3n) is 2.46. The molecule has 0 bridgehead atoms. The number of rotatable bonds is 4. The maximum atomic E-state index is 5.68. The highest BCUT2D eigenvalue weighted by molar-refractivity contribution is 5.87. The number of hydrogen-bond acceptors (Lipinski definition) is 2. The Morgan fingerprint density at radius 3 is 3.08 bits per heavy atom. The molecule has 13 heavy (non-hydrogen) atoms. The van der Waals surface area contributed by atoms with E-state index in [-0.39, 0.29) is 0 Å². The second-order valence-electron chi connectivity index (χ2n) is 3.66. The van der Waals surface area contributed by atoms with Crippen LogP contribution in [0.1, 0.15) is 33.1 Å². The van der Waals surface area contributed by atoms with E-state index in [1.807, 2.05) is 0 Å². The predicted molar refractivity (Wildman–Crippen MR) is 56.1 cm³/mol. The molecule has 0 fully saturated rings. The highest BCUT2D eigenvalue weighted by Crippen LogP contribution is 2.19. The fourth-order valence-electron chi connectivity index (χ4n) is 1.52. The average molecular weight is 181 g/mol. The van der Waals surface area contributed by atoms with Crippen LogP contribution in [0.2, 0.25) is 0 Å². The molecule has 0 saturated heterocycles. The van der Waals surface area contributed by atoms with Gasteiger partial charge in [0.15, 0.2) is 0 Å². The zero-order chi connectivity index (χ0) is 9.68. The summed E-state index contributed by atoms with van der Waals surface area (Å²) in [7, 11) is 0. The first kappa shape index (κ1) is 10.3. The molecule has 2 unspecified atom stereocenters. The van der Waals surface area contributed by atoms with Crippen molar-refractivity contribution in [2.75, 3.05) is 6.54 Å². The number of hydrogen-bond donors (Lipinski definition) is 0. The van der Waals surface area contributed by atoms with Crippen LogP contribution in [-0.4, -0.2) is 18.5 Å². The van der Waals surface area contributed by atoms with Crippen LogP contribution >= 0.6 is 0 Å². The summed E-state index contributed by atoms with van der Waals surface area (Å²) in [5, 5.41) is 0. The van der Waals surface area contributed by atoms with Gasteiger partial charge < -0.3 is 4.74 Å². The maximum Gasteiger partial charge on any atom is 0.208 e. The number of ether oxygens (including phenoxy) is 1. The van der Waals surface area contributed by atoms with Crippen LogP contribution in [0.5, 0.6) is 0 Å². The van der Waals surface area contributed by atoms with Crippen LogP contribution in [0.25, 0.3) is 0 Å². The third kappa shape index (κ3) is 2.87. The van der Waals surface area contributed by atoms with Crippen LogP contribution < -0.4 is 0 Å². The van der Waals surface area contributed by atoms with E-state index < -0.39 is 0 Å². The molecule has 2 atom stereocenters. The molecule has 0 radical (unpaired) electrons. The van der Waals surface area contributed by atoms with Gasteiger partial charge in [-0.2, -0.15) is 0 Å². The van der Waals surface area contributed by atoms with Crippen molar-refractivity contribution in [3.05, 3.63) is 12.7 Å². The van der Waals surface area contributed by atoms with E-state index in [0.717, 1.165) is 18.9 Å². The molecule has 0 aromatic rings. The fraction of sp³-hybridized carbons (Fsp3) is 0.727. The monoisotopic (exact) mass is 181 g/mol. The molecule has 0 amide bonds. The van der Waals surface area contributed by atoms with E-state index in [9.17, 15) is 0 Å². The van der Waals surface area contributed by atoms with E-state index in [1.165, 1.54) is 12.8 Å². The lowest BCUT2D eigenvalue weighted by molar-refractivity contribution is 0.108. The van der Waals surface area contributed by atoms with Gasteiger partial charge in [0, 0.05) is 12.5 Å². The molecule has 0 spiro atoms. The number of nitrogens with zero attached hydrogens (tertiary/aromatic N) is 1. The Morgan fingerprint density at radius 2 is 2.46 bits per heavy atom. The van der Waals surface area contributed by atoms with Crippen molar-refractivity contribution in [3.8, 4) is 0 Å². The quantitative estimate of drug-likeness (QED) is 0.653. The summed E-state index contributed by atoms with van der Waals surface area (Å²) >= 11 is 0. The Bertz CT molecular complexity index is 198. The summed E-state index contributed by atoms with van der Waals surface area (Å²) in [4.78, 5) is 4.26. The van der Waals surface area contributed by atoms with Crippen LogP contribution in [-0.2, 0) is 4.74 Å². The Labute approximate surface area is 80.7 Å². The summed E-state index contributed by atoms with van der Waals surface area (Å²) in [5.74, 6) is 1.27. The van der Waals surface area contributed by atoms with Crippen molar-refractivity contribution in [3.63, 3.8) is 0 Å². The van der Waals surface area contributed by atoms with Gasteiger partial charge in [0.2, 0.25) is 5.90 Å². The summed E-state index contributed by atoms with van der Waals surface area (Å²) in [5.41, 5.74) is 0. The number of aliphatic imine (C=N–C) groups is 1. The van der Waals surface area contributed by atoms with Crippen molar-refractivity contribution in [1.82, 2.24) is 0 Å². The van der Waals surface area contributed by atoms with E-state index >= 15 is 0 Å². The molecule has 0 aromatic carbocycles. The molecule has 2 heteroatoms. The largest absolute Gasteiger partial charge is 0.474 e. The zero-order valence-corrected chi connectivity index (χ0v) is 8.62. The van der Waals surface area contributed by atoms with Crippen LogP contribution in [0, 0.1) is 5.92 Å². The topological polar surface area (TPSA) is 21.6 Å². The molecule has 1 aliphatic rings. The maximum absolute atomic E-state index is 5.68. The highest BCUT2D eigenvalue weighted by atomic mass is 16.5. The average Bonchev–Trinajstić information content (AvgIpc) is 2.17. The summed E-state index contributed by atoms with van der Waals surface area (Å²) in [6.45, 7) is 8.96. The van der Waals surface area contributed by atoms with E-state index in [4.69, 9.17) is 4.74 Å². The van der Waals surface area contributed by atoms with Crippen LogP contribution in [0.3, 0.4) is 0 Å². The Balaban J connectivity index is 2.45. The predicted octanol–water partition coefficient (Wildman–Crippen LogP) is 2.80. The lowest BCUT2D eigenvalue weighted by Gasteiger charge is -2.28.